The van der Waals surface area contributed by atoms with Crippen molar-refractivity contribution < 1.29 is 9.13 Å². The number of hydrogen-bond acceptors (Lipinski definition) is 5. The van der Waals surface area contributed by atoms with E-state index in [-0.39, 0.29) is 17.4 Å². The van der Waals surface area contributed by atoms with Crippen molar-refractivity contribution in [1.29, 1.82) is 0 Å². The molecule has 0 spiro atoms. The minimum atomic E-state index is -0.362. The predicted octanol–water partition coefficient (Wildman–Crippen LogP) is 4.27. The van der Waals surface area contributed by atoms with Crippen LogP contribution in [0, 0.1) is 5.82 Å². The van der Waals surface area contributed by atoms with Crippen molar-refractivity contribution in [2.75, 3.05) is 19.0 Å². The number of rotatable bonds is 8. The van der Waals surface area contributed by atoms with Gasteiger partial charge in [-0.1, -0.05) is 42.5 Å². The Morgan fingerprint density at radius 2 is 1.82 bits per heavy atom. The number of benzene rings is 2. The molecule has 0 radical (unpaired) electrons. The van der Waals surface area contributed by atoms with Gasteiger partial charge in [-0.2, -0.15) is 0 Å². The minimum Gasteiger partial charge on any atom is -0.383 e. The number of aromatic nitrogens is 4. The van der Waals surface area contributed by atoms with Crippen molar-refractivity contribution in [2.24, 2.45) is 7.05 Å². The summed E-state index contributed by atoms with van der Waals surface area (Å²) in [5.74, 6) is 0.0883. The van der Waals surface area contributed by atoms with Gasteiger partial charge in [0.2, 0.25) is 5.95 Å². The highest BCUT2D eigenvalue weighted by molar-refractivity contribution is 5.79. The predicted molar refractivity (Wildman–Crippen MR) is 126 cm³/mol. The molecule has 0 saturated heterocycles. The van der Waals surface area contributed by atoms with Crippen LogP contribution in [0.5, 0.6) is 0 Å². The molecule has 0 aliphatic carbocycles. The third kappa shape index (κ3) is 4.70. The molecule has 0 aliphatic rings. The first kappa shape index (κ1) is 22.4. The fraction of sp³-hybridized carbons (Fsp3) is 0.240. The maximum Gasteiger partial charge on any atom is 0.275 e. The number of methoxy groups -OCH3 is 1. The Hall–Kier alpha value is -3.78. The second-order valence-electron chi connectivity index (χ2n) is 7.72. The molecule has 170 valence electrons. The summed E-state index contributed by atoms with van der Waals surface area (Å²) in [6.45, 7) is 2.79. The summed E-state index contributed by atoms with van der Waals surface area (Å²) in [7, 11) is 3.40. The highest BCUT2D eigenvalue weighted by Crippen LogP contribution is 2.29. The van der Waals surface area contributed by atoms with Gasteiger partial charge in [-0.25, -0.2) is 19.0 Å². The van der Waals surface area contributed by atoms with Gasteiger partial charge in [0.15, 0.2) is 0 Å². The first-order valence-electron chi connectivity index (χ1n) is 10.7. The van der Waals surface area contributed by atoms with E-state index >= 15 is 0 Å². The van der Waals surface area contributed by atoms with Crippen LogP contribution in [0.4, 0.5) is 10.3 Å². The van der Waals surface area contributed by atoms with Gasteiger partial charge in [-0.3, -0.25) is 9.48 Å². The molecule has 2 aromatic heterocycles. The van der Waals surface area contributed by atoms with Gasteiger partial charge < -0.3 is 10.1 Å². The SMILES string of the molecule is COCCn1c(=O)c(-c2ccc(F)cc2)c(-c2ccnc(N[C@@H](C)c3ccccc3)n2)n1C. The monoisotopic (exact) mass is 447 g/mol. The summed E-state index contributed by atoms with van der Waals surface area (Å²) in [6, 6.07) is 17.7. The lowest BCUT2D eigenvalue weighted by molar-refractivity contribution is 0.178. The van der Waals surface area contributed by atoms with Gasteiger partial charge in [0, 0.05) is 20.4 Å². The molecule has 0 fully saturated rings. The van der Waals surface area contributed by atoms with E-state index in [2.05, 4.69) is 10.3 Å². The van der Waals surface area contributed by atoms with Crippen LogP contribution >= 0.6 is 0 Å². The first-order chi connectivity index (χ1) is 16.0. The second kappa shape index (κ2) is 9.79. The maximum absolute atomic E-state index is 13.6. The summed E-state index contributed by atoms with van der Waals surface area (Å²) in [4.78, 5) is 22.4. The molecule has 0 amide bonds. The summed E-state index contributed by atoms with van der Waals surface area (Å²) in [5, 5.41) is 3.32. The molecule has 0 bridgehead atoms. The smallest absolute Gasteiger partial charge is 0.275 e. The maximum atomic E-state index is 13.6. The Morgan fingerprint density at radius 3 is 2.52 bits per heavy atom. The van der Waals surface area contributed by atoms with Crippen molar-refractivity contribution >= 4 is 5.95 Å². The lowest BCUT2D eigenvalue weighted by Crippen LogP contribution is -2.24. The Morgan fingerprint density at radius 1 is 1.09 bits per heavy atom. The van der Waals surface area contributed by atoms with Crippen molar-refractivity contribution in [3.8, 4) is 22.5 Å². The van der Waals surface area contributed by atoms with E-state index in [1.54, 1.807) is 47.9 Å². The van der Waals surface area contributed by atoms with Crippen molar-refractivity contribution in [3.05, 3.63) is 88.6 Å². The molecule has 0 saturated carbocycles. The summed E-state index contributed by atoms with van der Waals surface area (Å²) >= 11 is 0. The van der Waals surface area contributed by atoms with Gasteiger partial charge in [0.05, 0.1) is 36.1 Å². The number of anilines is 1. The minimum absolute atomic E-state index is 0.00635. The summed E-state index contributed by atoms with van der Waals surface area (Å²) in [6.07, 6.45) is 1.66. The topological polar surface area (TPSA) is 74.0 Å². The standard InChI is InChI=1S/C25H26FN5O2/c1-17(18-7-5-4-6-8-18)28-25-27-14-13-21(29-25)23-22(19-9-11-20(26)12-10-19)24(32)31(30(23)2)15-16-33-3/h4-14,17H,15-16H2,1-3H3,(H,27,28,29)/t17-/m0/s1. The van der Waals surface area contributed by atoms with Crippen LogP contribution in [0.3, 0.4) is 0 Å². The van der Waals surface area contributed by atoms with Crippen LogP contribution in [0.15, 0.2) is 71.7 Å². The van der Waals surface area contributed by atoms with E-state index in [9.17, 15) is 9.18 Å². The number of hydrogen-bond donors (Lipinski definition) is 1. The highest BCUT2D eigenvalue weighted by atomic mass is 19.1. The summed E-state index contributed by atoms with van der Waals surface area (Å²) < 4.78 is 22.1. The van der Waals surface area contributed by atoms with Crippen LogP contribution in [0.25, 0.3) is 22.5 Å². The Balaban J connectivity index is 1.79. The molecule has 0 aliphatic heterocycles. The normalized spacial score (nSPS) is 12.0. The fourth-order valence-electron chi connectivity index (χ4n) is 3.83. The molecule has 4 aromatic rings. The second-order valence-corrected chi connectivity index (χ2v) is 7.72. The molecular formula is C25H26FN5O2. The van der Waals surface area contributed by atoms with Crippen LogP contribution in [0.2, 0.25) is 0 Å². The molecule has 2 heterocycles. The van der Waals surface area contributed by atoms with Crippen LogP contribution < -0.4 is 10.9 Å². The Kier molecular flexibility index (Phi) is 6.65. The van der Waals surface area contributed by atoms with Gasteiger partial charge in [-0.05, 0) is 36.2 Å². The number of ether oxygens (including phenoxy) is 1. The number of nitrogens with zero attached hydrogens (tertiary/aromatic N) is 4. The van der Waals surface area contributed by atoms with Crippen molar-refractivity contribution in [1.82, 2.24) is 19.3 Å². The molecule has 1 N–H and O–H groups in total. The van der Waals surface area contributed by atoms with Crippen LogP contribution in [0.1, 0.15) is 18.5 Å². The zero-order valence-corrected chi connectivity index (χ0v) is 18.8. The van der Waals surface area contributed by atoms with Crippen LogP contribution in [-0.4, -0.2) is 33.0 Å². The highest BCUT2D eigenvalue weighted by Gasteiger charge is 2.22. The third-order valence-electron chi connectivity index (χ3n) is 5.55. The first-order valence-corrected chi connectivity index (χ1v) is 10.7. The summed E-state index contributed by atoms with van der Waals surface area (Å²) in [5.41, 5.74) is 3.20. The average Bonchev–Trinajstić information content (AvgIpc) is 3.08. The molecule has 7 nitrogen and oxygen atoms in total. The quantitative estimate of drug-likeness (QED) is 0.437. The molecule has 8 heteroatoms. The zero-order chi connectivity index (χ0) is 23.4. The lowest BCUT2D eigenvalue weighted by atomic mass is 10.0. The molecule has 2 aromatic carbocycles. The van der Waals surface area contributed by atoms with E-state index in [1.807, 2.05) is 37.3 Å². The van der Waals surface area contributed by atoms with E-state index in [0.717, 1.165) is 5.56 Å². The van der Waals surface area contributed by atoms with Crippen molar-refractivity contribution in [3.63, 3.8) is 0 Å². The number of nitrogens with one attached hydrogen (secondary N) is 1. The van der Waals surface area contributed by atoms with E-state index in [1.165, 1.54) is 12.1 Å². The van der Waals surface area contributed by atoms with Gasteiger partial charge >= 0.3 is 0 Å². The number of halogens is 1. The fourth-order valence-corrected chi connectivity index (χ4v) is 3.83. The largest absolute Gasteiger partial charge is 0.383 e. The third-order valence-corrected chi connectivity index (χ3v) is 5.55. The Labute approximate surface area is 191 Å². The van der Waals surface area contributed by atoms with Crippen LogP contribution in [-0.2, 0) is 18.3 Å². The molecule has 4 rings (SSSR count). The van der Waals surface area contributed by atoms with Gasteiger partial charge in [0.25, 0.3) is 5.56 Å². The van der Waals surface area contributed by atoms with Gasteiger partial charge in [-0.15, -0.1) is 0 Å². The lowest BCUT2D eigenvalue weighted by Gasteiger charge is -2.15. The van der Waals surface area contributed by atoms with E-state index in [0.29, 0.717) is 41.6 Å². The molecular weight excluding hydrogens is 421 g/mol. The molecule has 1 atom stereocenters. The Bertz CT molecular complexity index is 1280. The van der Waals surface area contributed by atoms with E-state index < -0.39 is 0 Å². The van der Waals surface area contributed by atoms with Crippen molar-refractivity contribution in [2.45, 2.75) is 19.5 Å². The van der Waals surface area contributed by atoms with E-state index in [4.69, 9.17) is 9.72 Å². The van der Waals surface area contributed by atoms with Gasteiger partial charge in [0.1, 0.15) is 5.82 Å². The molecule has 33 heavy (non-hydrogen) atoms. The zero-order valence-electron chi connectivity index (χ0n) is 18.8. The molecule has 0 unspecified atom stereocenters. The average molecular weight is 448 g/mol.